The Morgan fingerprint density at radius 1 is 1.10 bits per heavy atom. The number of pyridine rings is 1. The van der Waals surface area contributed by atoms with Crippen LogP contribution in [0.4, 0.5) is 0 Å². The number of nitrogens with one attached hydrogen (secondary N) is 1. The summed E-state index contributed by atoms with van der Waals surface area (Å²) >= 11 is 0. The van der Waals surface area contributed by atoms with Gasteiger partial charge < -0.3 is 0 Å². The molecule has 1 unspecified atom stereocenters. The molecule has 3 rings (SSSR count). The first-order chi connectivity index (χ1) is 10.3. The minimum absolute atomic E-state index is 0.0467. The van der Waals surface area contributed by atoms with E-state index in [1.807, 2.05) is 24.5 Å². The maximum Gasteiger partial charge on any atom is 0.0521 e. The fourth-order valence-corrected chi connectivity index (χ4v) is 2.75. The van der Waals surface area contributed by atoms with Crippen molar-refractivity contribution < 1.29 is 0 Å². The summed E-state index contributed by atoms with van der Waals surface area (Å²) in [4.78, 5) is 4.35. The van der Waals surface area contributed by atoms with Gasteiger partial charge in [-0.05, 0) is 29.9 Å². The van der Waals surface area contributed by atoms with Gasteiger partial charge in [-0.25, -0.2) is 0 Å². The van der Waals surface area contributed by atoms with Crippen molar-refractivity contribution in [2.45, 2.75) is 19.4 Å². The molecule has 0 amide bonds. The molecule has 21 heavy (non-hydrogen) atoms. The molecule has 1 aromatic heterocycles. The van der Waals surface area contributed by atoms with E-state index in [9.17, 15) is 0 Å². The van der Waals surface area contributed by atoms with Gasteiger partial charge in [-0.1, -0.05) is 54.1 Å². The minimum Gasteiger partial charge on any atom is -0.271 e. The number of nitrogens with two attached hydrogens (primary N) is 1. The lowest BCUT2D eigenvalue weighted by atomic mass is 9.96. The molecule has 0 saturated heterocycles. The zero-order valence-corrected chi connectivity index (χ0v) is 12.1. The monoisotopic (exact) mass is 277 g/mol. The average Bonchev–Trinajstić information content (AvgIpc) is 2.52. The summed E-state index contributed by atoms with van der Waals surface area (Å²) in [6, 6.07) is 16.8. The van der Waals surface area contributed by atoms with E-state index >= 15 is 0 Å². The number of fused-ring (bicyclic) bond motifs is 1. The highest BCUT2D eigenvalue weighted by Gasteiger charge is 2.14. The quantitative estimate of drug-likeness (QED) is 0.568. The van der Waals surface area contributed by atoms with Crippen LogP contribution in [0.15, 0.2) is 60.9 Å². The third kappa shape index (κ3) is 2.94. The number of benzene rings is 2. The van der Waals surface area contributed by atoms with Crippen LogP contribution < -0.4 is 11.3 Å². The van der Waals surface area contributed by atoms with Gasteiger partial charge in [-0.2, -0.15) is 0 Å². The lowest BCUT2D eigenvalue weighted by molar-refractivity contribution is 0.554. The number of hydrazine groups is 1. The molecule has 0 bridgehead atoms. The molecule has 3 N–H and O–H groups in total. The number of rotatable bonds is 4. The third-order valence-electron chi connectivity index (χ3n) is 3.80. The average molecular weight is 277 g/mol. The van der Waals surface area contributed by atoms with Crippen molar-refractivity contribution in [2.24, 2.45) is 5.84 Å². The molecule has 3 nitrogen and oxygen atoms in total. The van der Waals surface area contributed by atoms with Crippen LogP contribution in [-0.2, 0) is 6.42 Å². The van der Waals surface area contributed by atoms with Gasteiger partial charge in [0, 0.05) is 17.8 Å². The molecule has 1 atom stereocenters. The van der Waals surface area contributed by atoms with Gasteiger partial charge in [-0.3, -0.25) is 16.3 Å². The molecule has 0 fully saturated rings. The molecule has 0 aliphatic carbocycles. The van der Waals surface area contributed by atoms with E-state index in [1.54, 1.807) is 0 Å². The van der Waals surface area contributed by atoms with Crippen LogP contribution in [0.1, 0.15) is 22.7 Å². The summed E-state index contributed by atoms with van der Waals surface area (Å²) in [6.45, 7) is 2.11. The molecule has 3 heteroatoms. The van der Waals surface area contributed by atoms with Crippen LogP contribution in [0, 0.1) is 6.92 Å². The Bertz CT molecular complexity index is 747. The predicted octanol–water partition coefficient (Wildman–Crippen LogP) is 3.29. The van der Waals surface area contributed by atoms with Crippen molar-refractivity contribution in [1.29, 1.82) is 0 Å². The van der Waals surface area contributed by atoms with Crippen LogP contribution in [-0.4, -0.2) is 4.98 Å². The Kier molecular flexibility index (Phi) is 3.95. The lowest BCUT2D eigenvalue weighted by Crippen LogP contribution is -2.29. The van der Waals surface area contributed by atoms with E-state index in [2.05, 4.69) is 53.7 Å². The van der Waals surface area contributed by atoms with Gasteiger partial charge >= 0.3 is 0 Å². The second kappa shape index (κ2) is 6.04. The van der Waals surface area contributed by atoms with E-state index in [4.69, 9.17) is 5.84 Å². The molecule has 3 aromatic rings. The summed E-state index contributed by atoms with van der Waals surface area (Å²) in [7, 11) is 0. The van der Waals surface area contributed by atoms with Gasteiger partial charge in [0.1, 0.15) is 0 Å². The van der Waals surface area contributed by atoms with Crippen molar-refractivity contribution in [3.8, 4) is 0 Å². The molecule has 0 aliphatic heterocycles. The molecule has 0 aliphatic rings. The molecule has 0 radical (unpaired) electrons. The van der Waals surface area contributed by atoms with E-state index in [1.165, 1.54) is 16.5 Å². The highest BCUT2D eigenvalue weighted by Crippen LogP contribution is 2.25. The van der Waals surface area contributed by atoms with Crippen molar-refractivity contribution in [1.82, 2.24) is 10.4 Å². The molecule has 0 saturated carbocycles. The van der Waals surface area contributed by atoms with Gasteiger partial charge in [-0.15, -0.1) is 0 Å². The standard InChI is InChI=1S/C18H19N3/c1-13-5-4-6-14(9-13)10-18(21-19)17-12-20-11-15-7-2-3-8-16(15)17/h2-9,11-12,18,21H,10,19H2,1H3. The van der Waals surface area contributed by atoms with Crippen LogP contribution in [0.25, 0.3) is 10.8 Å². The Morgan fingerprint density at radius 3 is 2.76 bits per heavy atom. The fourth-order valence-electron chi connectivity index (χ4n) is 2.75. The van der Waals surface area contributed by atoms with Crippen LogP contribution >= 0.6 is 0 Å². The number of aromatic nitrogens is 1. The molecule has 2 aromatic carbocycles. The first kappa shape index (κ1) is 13.7. The number of hydrogen-bond donors (Lipinski definition) is 2. The zero-order valence-electron chi connectivity index (χ0n) is 12.1. The Hall–Kier alpha value is -2.23. The predicted molar refractivity (Wildman–Crippen MR) is 86.7 cm³/mol. The summed E-state index contributed by atoms with van der Waals surface area (Å²) in [6.07, 6.45) is 4.63. The van der Waals surface area contributed by atoms with Crippen molar-refractivity contribution in [3.63, 3.8) is 0 Å². The van der Waals surface area contributed by atoms with Crippen LogP contribution in [0.2, 0.25) is 0 Å². The zero-order chi connectivity index (χ0) is 14.7. The van der Waals surface area contributed by atoms with E-state index in [0.717, 1.165) is 17.4 Å². The first-order valence-corrected chi connectivity index (χ1v) is 7.12. The number of nitrogens with zero attached hydrogens (tertiary/aromatic N) is 1. The van der Waals surface area contributed by atoms with E-state index < -0.39 is 0 Å². The third-order valence-corrected chi connectivity index (χ3v) is 3.80. The normalized spacial score (nSPS) is 12.5. The van der Waals surface area contributed by atoms with Gasteiger partial charge in [0.05, 0.1) is 6.04 Å². The first-order valence-electron chi connectivity index (χ1n) is 7.12. The van der Waals surface area contributed by atoms with Crippen molar-refractivity contribution in [2.75, 3.05) is 0 Å². The molecule has 0 spiro atoms. The Morgan fingerprint density at radius 2 is 1.95 bits per heavy atom. The largest absolute Gasteiger partial charge is 0.271 e. The summed E-state index contributed by atoms with van der Waals surface area (Å²) in [5.41, 5.74) is 6.61. The van der Waals surface area contributed by atoms with Crippen molar-refractivity contribution in [3.05, 3.63) is 77.6 Å². The smallest absolute Gasteiger partial charge is 0.0521 e. The summed E-state index contributed by atoms with van der Waals surface area (Å²) < 4.78 is 0. The number of aryl methyl sites for hydroxylation is 1. The molecular weight excluding hydrogens is 258 g/mol. The second-order valence-electron chi connectivity index (χ2n) is 5.36. The Balaban J connectivity index is 1.98. The van der Waals surface area contributed by atoms with E-state index in [0.29, 0.717) is 0 Å². The van der Waals surface area contributed by atoms with Crippen LogP contribution in [0.3, 0.4) is 0 Å². The fraction of sp³-hybridized carbons (Fsp3) is 0.167. The highest BCUT2D eigenvalue weighted by molar-refractivity contribution is 5.85. The summed E-state index contributed by atoms with van der Waals surface area (Å²) in [5.74, 6) is 5.80. The van der Waals surface area contributed by atoms with Gasteiger partial charge in [0.15, 0.2) is 0 Å². The summed E-state index contributed by atoms with van der Waals surface area (Å²) in [5, 5.41) is 2.34. The van der Waals surface area contributed by atoms with Gasteiger partial charge in [0.2, 0.25) is 0 Å². The second-order valence-corrected chi connectivity index (χ2v) is 5.36. The topological polar surface area (TPSA) is 50.9 Å². The molecule has 106 valence electrons. The number of hydrogen-bond acceptors (Lipinski definition) is 3. The molecule has 1 heterocycles. The SMILES string of the molecule is Cc1cccc(CC(NN)c2cncc3ccccc23)c1. The maximum absolute atomic E-state index is 5.80. The van der Waals surface area contributed by atoms with E-state index in [-0.39, 0.29) is 6.04 Å². The molecular formula is C18H19N3. The highest BCUT2D eigenvalue weighted by atomic mass is 15.2. The maximum atomic E-state index is 5.80. The minimum atomic E-state index is 0.0467. The lowest BCUT2D eigenvalue weighted by Gasteiger charge is -2.18. The Labute approximate surface area is 124 Å². The van der Waals surface area contributed by atoms with Crippen molar-refractivity contribution >= 4 is 10.8 Å². The van der Waals surface area contributed by atoms with Crippen LogP contribution in [0.5, 0.6) is 0 Å². The van der Waals surface area contributed by atoms with Gasteiger partial charge in [0.25, 0.3) is 0 Å².